The van der Waals surface area contributed by atoms with Gasteiger partial charge >= 0.3 is 0 Å². The zero-order valence-electron chi connectivity index (χ0n) is 23.8. The Kier molecular flexibility index (Phi) is 8.80. The van der Waals surface area contributed by atoms with Gasteiger partial charge in [-0.25, -0.2) is 4.39 Å². The van der Waals surface area contributed by atoms with Crippen molar-refractivity contribution in [3.8, 4) is 6.07 Å². The lowest BCUT2D eigenvalue weighted by Crippen LogP contribution is -2.49. The number of piperazine rings is 1. The number of aromatic nitrogens is 1. The maximum absolute atomic E-state index is 14.5. The standard InChI is InChI=1S/C32H32FN5O2S2/c1-4-14-37-29(36-17-15-35(16-18-36)27-13-9-8-12-26(27)33)24(21(2)25(20-34)30(37)39)19-28-31(40)38(32(41)42-28)22(3)23-10-6-5-7-11-23/h5-13,19,22H,4,14-18H2,1-3H3/b28-19+. The molecule has 10 heteroatoms. The number of thioether (sulfide) groups is 1. The van der Waals surface area contributed by atoms with E-state index in [1.54, 1.807) is 34.6 Å². The maximum atomic E-state index is 14.5. The number of para-hydroxylation sites is 1. The highest BCUT2D eigenvalue weighted by atomic mass is 32.2. The van der Waals surface area contributed by atoms with Gasteiger partial charge in [-0.3, -0.25) is 19.1 Å². The molecular formula is C32H32FN5O2S2. The summed E-state index contributed by atoms with van der Waals surface area (Å²) in [4.78, 5) is 33.5. The highest BCUT2D eigenvalue weighted by Gasteiger charge is 2.37. The first-order valence-corrected chi connectivity index (χ1v) is 15.2. The van der Waals surface area contributed by atoms with Gasteiger partial charge in [-0.05, 0) is 49.6 Å². The predicted octanol–water partition coefficient (Wildman–Crippen LogP) is 5.87. The molecule has 1 atom stereocenters. The van der Waals surface area contributed by atoms with E-state index < -0.39 is 0 Å². The van der Waals surface area contributed by atoms with Gasteiger partial charge < -0.3 is 9.80 Å². The van der Waals surface area contributed by atoms with Crippen LogP contribution in [0.25, 0.3) is 6.08 Å². The van der Waals surface area contributed by atoms with E-state index in [1.807, 2.05) is 55.1 Å². The molecular weight excluding hydrogens is 570 g/mol. The molecule has 0 bridgehead atoms. The van der Waals surface area contributed by atoms with Gasteiger partial charge in [0.15, 0.2) is 0 Å². The molecule has 3 heterocycles. The molecule has 1 aromatic heterocycles. The molecule has 3 aromatic rings. The Labute approximate surface area is 254 Å². The van der Waals surface area contributed by atoms with Crippen LogP contribution in [0.1, 0.15) is 48.6 Å². The highest BCUT2D eigenvalue weighted by molar-refractivity contribution is 8.26. The summed E-state index contributed by atoms with van der Waals surface area (Å²) >= 11 is 6.89. The average Bonchev–Trinajstić information content (AvgIpc) is 3.28. The Hall–Kier alpha value is -3.94. The lowest BCUT2D eigenvalue weighted by Gasteiger charge is -2.39. The molecule has 1 amide bonds. The van der Waals surface area contributed by atoms with E-state index in [4.69, 9.17) is 12.2 Å². The van der Waals surface area contributed by atoms with Crippen LogP contribution in [0.2, 0.25) is 0 Å². The Balaban J connectivity index is 1.56. The van der Waals surface area contributed by atoms with E-state index in [9.17, 15) is 19.2 Å². The van der Waals surface area contributed by atoms with Crippen LogP contribution in [-0.4, -0.2) is 45.9 Å². The van der Waals surface area contributed by atoms with Crippen LogP contribution in [0.5, 0.6) is 0 Å². The number of thiocarbonyl (C=S) groups is 1. The van der Waals surface area contributed by atoms with Crippen molar-refractivity contribution in [1.29, 1.82) is 5.26 Å². The molecule has 2 aromatic carbocycles. The molecule has 0 spiro atoms. The number of amides is 1. The minimum Gasteiger partial charge on any atom is -0.366 e. The van der Waals surface area contributed by atoms with Crippen molar-refractivity contribution in [3.63, 3.8) is 0 Å². The second-order valence-electron chi connectivity index (χ2n) is 10.4. The van der Waals surface area contributed by atoms with Gasteiger partial charge in [0.25, 0.3) is 11.5 Å². The van der Waals surface area contributed by atoms with Crippen LogP contribution in [0.15, 0.2) is 64.3 Å². The molecule has 0 N–H and O–H groups in total. The summed E-state index contributed by atoms with van der Waals surface area (Å²) in [6.07, 6.45) is 2.48. The fraction of sp³-hybridized carbons (Fsp3) is 0.312. The summed E-state index contributed by atoms with van der Waals surface area (Å²) < 4.78 is 16.6. The van der Waals surface area contributed by atoms with Crippen molar-refractivity contribution < 1.29 is 9.18 Å². The predicted molar refractivity (Wildman–Crippen MR) is 171 cm³/mol. The van der Waals surface area contributed by atoms with Crippen molar-refractivity contribution in [2.24, 2.45) is 0 Å². The van der Waals surface area contributed by atoms with E-state index in [2.05, 4.69) is 11.0 Å². The van der Waals surface area contributed by atoms with E-state index in [0.29, 0.717) is 71.0 Å². The second-order valence-corrected chi connectivity index (χ2v) is 12.0. The topological polar surface area (TPSA) is 72.6 Å². The first-order chi connectivity index (χ1) is 20.3. The Morgan fingerprint density at radius 2 is 1.69 bits per heavy atom. The van der Waals surface area contributed by atoms with Gasteiger partial charge in [0.05, 0.1) is 16.6 Å². The number of carbonyl (C=O) groups is 1. The first-order valence-electron chi connectivity index (χ1n) is 14.0. The summed E-state index contributed by atoms with van der Waals surface area (Å²) in [6.45, 7) is 8.29. The molecule has 42 heavy (non-hydrogen) atoms. The monoisotopic (exact) mass is 601 g/mol. The third kappa shape index (κ3) is 5.46. The van der Waals surface area contributed by atoms with Crippen molar-refractivity contribution in [2.45, 2.75) is 39.8 Å². The van der Waals surface area contributed by atoms with Crippen molar-refractivity contribution >= 4 is 51.8 Å². The first kappa shape index (κ1) is 29.5. The number of rotatable bonds is 7. The number of anilines is 2. The smallest absolute Gasteiger partial charge is 0.270 e. The van der Waals surface area contributed by atoms with Crippen molar-refractivity contribution in [2.75, 3.05) is 36.0 Å². The third-order valence-electron chi connectivity index (χ3n) is 7.83. The minimum absolute atomic E-state index is 0.0663. The van der Waals surface area contributed by atoms with Crippen LogP contribution in [0.4, 0.5) is 15.9 Å². The van der Waals surface area contributed by atoms with Gasteiger partial charge in [-0.15, -0.1) is 0 Å². The number of hydrogen-bond donors (Lipinski definition) is 0. The van der Waals surface area contributed by atoms with Crippen molar-refractivity contribution in [3.05, 3.63) is 97.9 Å². The van der Waals surface area contributed by atoms with Gasteiger partial charge in [0, 0.05) is 38.3 Å². The number of hydrogen-bond acceptors (Lipinski definition) is 7. The number of halogens is 1. The molecule has 2 aliphatic rings. The minimum atomic E-state index is -0.342. The largest absolute Gasteiger partial charge is 0.366 e. The molecule has 2 saturated heterocycles. The summed E-state index contributed by atoms with van der Waals surface area (Å²) in [5.41, 5.74) is 2.44. The summed E-state index contributed by atoms with van der Waals surface area (Å²) in [6, 6.07) is 18.3. The van der Waals surface area contributed by atoms with Crippen LogP contribution in [-0.2, 0) is 11.3 Å². The maximum Gasteiger partial charge on any atom is 0.270 e. The third-order valence-corrected chi connectivity index (χ3v) is 9.16. The fourth-order valence-corrected chi connectivity index (χ4v) is 7.01. The zero-order valence-corrected chi connectivity index (χ0v) is 25.5. The van der Waals surface area contributed by atoms with E-state index in [-0.39, 0.29) is 28.9 Å². The number of nitrogens with zero attached hydrogens (tertiary/aromatic N) is 5. The average molecular weight is 602 g/mol. The highest BCUT2D eigenvalue weighted by Crippen LogP contribution is 2.40. The van der Waals surface area contributed by atoms with Crippen LogP contribution in [0, 0.1) is 24.1 Å². The van der Waals surface area contributed by atoms with Gasteiger partial charge in [-0.2, -0.15) is 5.26 Å². The number of pyridine rings is 1. The molecule has 7 nitrogen and oxygen atoms in total. The Bertz CT molecular complexity index is 1660. The number of benzene rings is 2. The SMILES string of the molecule is CCCn1c(N2CCN(c3ccccc3F)CC2)c(/C=C2/SC(=S)N(C(C)c3ccccc3)C2=O)c(C)c(C#N)c1=O. The zero-order chi connectivity index (χ0) is 30.0. The quantitative estimate of drug-likeness (QED) is 0.248. The summed E-state index contributed by atoms with van der Waals surface area (Å²) in [5, 5.41) is 9.96. The lowest BCUT2D eigenvalue weighted by atomic mass is 10.0. The van der Waals surface area contributed by atoms with Crippen LogP contribution in [0.3, 0.4) is 0 Å². The van der Waals surface area contributed by atoms with Gasteiger partial charge in [0.2, 0.25) is 0 Å². The van der Waals surface area contributed by atoms with E-state index >= 15 is 0 Å². The molecule has 216 valence electrons. The molecule has 2 fully saturated rings. The second kappa shape index (κ2) is 12.5. The van der Waals surface area contributed by atoms with E-state index in [1.165, 1.54) is 17.8 Å². The summed E-state index contributed by atoms with van der Waals surface area (Å²) in [5.74, 6) is 0.200. The molecule has 0 radical (unpaired) electrons. The van der Waals surface area contributed by atoms with Gasteiger partial charge in [0.1, 0.15) is 27.6 Å². The molecule has 5 rings (SSSR count). The normalized spacial score (nSPS) is 17.2. The van der Waals surface area contributed by atoms with Crippen molar-refractivity contribution in [1.82, 2.24) is 9.47 Å². The number of nitriles is 1. The summed E-state index contributed by atoms with van der Waals surface area (Å²) in [7, 11) is 0. The van der Waals surface area contributed by atoms with E-state index in [0.717, 1.165) is 5.56 Å². The van der Waals surface area contributed by atoms with Crippen LogP contribution >= 0.6 is 24.0 Å². The lowest BCUT2D eigenvalue weighted by molar-refractivity contribution is -0.123. The molecule has 0 aliphatic carbocycles. The fourth-order valence-electron chi connectivity index (χ4n) is 5.61. The molecule has 0 saturated carbocycles. The number of carbonyl (C=O) groups excluding carboxylic acids is 1. The Morgan fingerprint density at radius 1 is 1.05 bits per heavy atom. The molecule has 2 aliphatic heterocycles. The molecule has 1 unspecified atom stereocenters. The van der Waals surface area contributed by atoms with Crippen LogP contribution < -0.4 is 15.4 Å². The van der Waals surface area contributed by atoms with Gasteiger partial charge in [-0.1, -0.05) is 73.4 Å². The Morgan fingerprint density at radius 3 is 2.33 bits per heavy atom.